The van der Waals surface area contributed by atoms with Gasteiger partial charge in [-0.05, 0) is 18.2 Å². The van der Waals surface area contributed by atoms with Gasteiger partial charge in [-0.15, -0.1) is 11.3 Å². The van der Waals surface area contributed by atoms with E-state index in [2.05, 4.69) is 4.90 Å². The summed E-state index contributed by atoms with van der Waals surface area (Å²) in [5.41, 5.74) is 0.139. The fourth-order valence-electron chi connectivity index (χ4n) is 1.61. The van der Waals surface area contributed by atoms with Crippen LogP contribution in [-0.4, -0.2) is 26.3 Å². The topological polar surface area (TPSA) is 60.0 Å². The highest BCUT2D eigenvalue weighted by atomic mass is 32.1. The van der Waals surface area contributed by atoms with Crippen molar-refractivity contribution >= 4 is 22.4 Å². The molecule has 0 saturated carbocycles. The van der Waals surface area contributed by atoms with Gasteiger partial charge < -0.3 is 9.64 Å². The molecule has 1 fully saturated rings. The van der Waals surface area contributed by atoms with E-state index >= 15 is 0 Å². The van der Waals surface area contributed by atoms with Crippen molar-refractivity contribution in [3.63, 3.8) is 0 Å². The Hall–Kier alpha value is -1.82. The molecule has 1 aromatic heterocycles. The Balaban J connectivity index is 2.13. The van der Waals surface area contributed by atoms with E-state index in [0.717, 1.165) is 36.2 Å². The molecule has 0 radical (unpaired) electrons. The largest absolute Gasteiger partial charge is 0.378 e. The van der Waals surface area contributed by atoms with E-state index in [9.17, 15) is 0 Å². The van der Waals surface area contributed by atoms with Crippen LogP contribution in [0.1, 0.15) is 4.88 Å². The van der Waals surface area contributed by atoms with E-state index in [1.807, 2.05) is 24.3 Å². The van der Waals surface area contributed by atoms with Crippen molar-refractivity contribution in [2.24, 2.45) is 0 Å². The van der Waals surface area contributed by atoms with Crippen LogP contribution in [0.2, 0.25) is 0 Å². The molecular formula is C12H11N3OS. The van der Waals surface area contributed by atoms with Gasteiger partial charge in [0.05, 0.1) is 18.2 Å². The van der Waals surface area contributed by atoms with E-state index in [1.54, 1.807) is 17.4 Å². The molecule has 0 aromatic carbocycles. The minimum Gasteiger partial charge on any atom is -0.378 e. The molecule has 1 aliphatic heterocycles. The monoisotopic (exact) mass is 245 g/mol. The second-order valence-electron chi connectivity index (χ2n) is 3.56. The number of hydrogen-bond acceptors (Lipinski definition) is 5. The van der Waals surface area contributed by atoms with Crippen LogP contribution in [0.4, 0.5) is 5.00 Å². The number of morpholine rings is 1. The van der Waals surface area contributed by atoms with E-state index < -0.39 is 0 Å². The van der Waals surface area contributed by atoms with Crippen LogP contribution in [0.15, 0.2) is 17.7 Å². The minimum absolute atomic E-state index is 0.139. The SMILES string of the molecule is N#CC(C#N)=Cc1ccc(N2CCOCC2)s1. The van der Waals surface area contributed by atoms with Crippen molar-refractivity contribution in [3.05, 3.63) is 22.6 Å². The summed E-state index contributed by atoms with van der Waals surface area (Å²) in [7, 11) is 0. The fourth-order valence-corrected chi connectivity index (χ4v) is 2.61. The Labute approximate surface area is 104 Å². The smallest absolute Gasteiger partial charge is 0.131 e. The molecule has 0 unspecified atom stereocenters. The van der Waals surface area contributed by atoms with Crippen molar-refractivity contribution in [1.82, 2.24) is 0 Å². The van der Waals surface area contributed by atoms with E-state index in [4.69, 9.17) is 15.3 Å². The Kier molecular flexibility index (Phi) is 3.77. The van der Waals surface area contributed by atoms with Crippen LogP contribution < -0.4 is 4.90 Å². The van der Waals surface area contributed by atoms with Crippen LogP contribution >= 0.6 is 11.3 Å². The van der Waals surface area contributed by atoms with Crippen LogP contribution in [-0.2, 0) is 4.74 Å². The van der Waals surface area contributed by atoms with Gasteiger partial charge in [0.15, 0.2) is 0 Å². The Morgan fingerprint density at radius 2 is 2.00 bits per heavy atom. The molecule has 0 aliphatic carbocycles. The highest BCUT2D eigenvalue weighted by molar-refractivity contribution is 7.16. The van der Waals surface area contributed by atoms with Gasteiger partial charge in [-0.3, -0.25) is 0 Å². The highest BCUT2D eigenvalue weighted by Crippen LogP contribution is 2.28. The normalized spacial score (nSPS) is 14.8. The van der Waals surface area contributed by atoms with E-state index in [1.165, 1.54) is 0 Å². The second-order valence-corrected chi connectivity index (χ2v) is 4.65. The van der Waals surface area contributed by atoms with Gasteiger partial charge in [0.25, 0.3) is 0 Å². The molecule has 17 heavy (non-hydrogen) atoms. The number of thiophene rings is 1. The number of allylic oxidation sites excluding steroid dienone is 1. The molecule has 2 heterocycles. The van der Waals surface area contributed by atoms with Crippen molar-refractivity contribution in [3.8, 4) is 12.1 Å². The predicted octanol–water partition coefficient (Wildman–Crippen LogP) is 2.02. The van der Waals surface area contributed by atoms with Crippen molar-refractivity contribution in [2.75, 3.05) is 31.2 Å². The van der Waals surface area contributed by atoms with Crippen LogP contribution in [0, 0.1) is 22.7 Å². The molecule has 1 aromatic rings. The maximum atomic E-state index is 8.68. The van der Waals surface area contributed by atoms with Gasteiger partial charge in [0.2, 0.25) is 0 Å². The molecule has 0 atom stereocenters. The van der Waals surface area contributed by atoms with Gasteiger partial charge in [0, 0.05) is 18.0 Å². The molecule has 0 spiro atoms. The quantitative estimate of drug-likeness (QED) is 0.748. The molecule has 1 aliphatic rings. The summed E-state index contributed by atoms with van der Waals surface area (Å²) in [6, 6.07) is 7.68. The van der Waals surface area contributed by atoms with Crippen LogP contribution in [0.5, 0.6) is 0 Å². The summed E-state index contributed by atoms with van der Waals surface area (Å²) >= 11 is 1.59. The molecule has 0 bridgehead atoms. The first-order valence-electron chi connectivity index (χ1n) is 5.28. The summed E-state index contributed by atoms with van der Waals surface area (Å²) in [6.45, 7) is 3.30. The average molecular weight is 245 g/mol. The highest BCUT2D eigenvalue weighted by Gasteiger charge is 2.12. The lowest BCUT2D eigenvalue weighted by Gasteiger charge is -2.27. The molecule has 0 N–H and O–H groups in total. The summed E-state index contributed by atoms with van der Waals surface area (Å²) in [5.74, 6) is 0. The maximum absolute atomic E-state index is 8.68. The first kappa shape index (κ1) is 11.7. The molecule has 5 heteroatoms. The molecule has 0 amide bonds. The van der Waals surface area contributed by atoms with Crippen molar-refractivity contribution in [2.45, 2.75) is 0 Å². The van der Waals surface area contributed by atoms with Crippen molar-refractivity contribution < 1.29 is 4.74 Å². The number of ether oxygens (including phenoxy) is 1. The number of hydrogen-bond donors (Lipinski definition) is 0. The molecule has 4 nitrogen and oxygen atoms in total. The average Bonchev–Trinajstić information content (AvgIpc) is 2.85. The number of nitrogens with zero attached hydrogens (tertiary/aromatic N) is 3. The van der Waals surface area contributed by atoms with E-state index in [0.29, 0.717) is 0 Å². The van der Waals surface area contributed by atoms with Crippen LogP contribution in [0.3, 0.4) is 0 Å². The van der Waals surface area contributed by atoms with Gasteiger partial charge in [0.1, 0.15) is 17.7 Å². The van der Waals surface area contributed by atoms with Crippen LogP contribution in [0.25, 0.3) is 6.08 Å². The summed E-state index contributed by atoms with van der Waals surface area (Å²) in [6.07, 6.45) is 1.62. The third-order valence-corrected chi connectivity index (χ3v) is 3.56. The fraction of sp³-hybridized carbons (Fsp3) is 0.333. The third-order valence-electron chi connectivity index (χ3n) is 2.46. The molecular weight excluding hydrogens is 234 g/mol. The van der Waals surface area contributed by atoms with Gasteiger partial charge in [-0.1, -0.05) is 0 Å². The lowest BCUT2D eigenvalue weighted by atomic mass is 10.3. The zero-order valence-electron chi connectivity index (χ0n) is 9.22. The number of rotatable bonds is 2. The summed E-state index contributed by atoms with van der Waals surface area (Å²) in [5, 5.41) is 18.5. The standard InChI is InChI=1S/C12H11N3OS/c13-8-10(9-14)7-11-1-2-12(17-11)15-3-5-16-6-4-15/h1-2,7H,3-6H2. The molecule has 86 valence electrons. The third kappa shape index (κ3) is 2.85. The zero-order valence-corrected chi connectivity index (χ0v) is 10.0. The van der Waals surface area contributed by atoms with E-state index in [-0.39, 0.29) is 5.57 Å². The lowest BCUT2D eigenvalue weighted by molar-refractivity contribution is 0.123. The van der Waals surface area contributed by atoms with Crippen molar-refractivity contribution in [1.29, 1.82) is 10.5 Å². The second kappa shape index (κ2) is 5.49. The first-order valence-corrected chi connectivity index (χ1v) is 6.09. The molecule has 2 rings (SSSR count). The molecule has 1 saturated heterocycles. The maximum Gasteiger partial charge on any atom is 0.131 e. The minimum atomic E-state index is 0.139. The predicted molar refractivity (Wildman–Crippen MR) is 66.6 cm³/mol. The summed E-state index contributed by atoms with van der Waals surface area (Å²) in [4.78, 5) is 3.19. The Morgan fingerprint density at radius 1 is 1.29 bits per heavy atom. The van der Waals surface area contributed by atoms with Gasteiger partial charge >= 0.3 is 0 Å². The first-order chi connectivity index (χ1) is 8.33. The summed E-state index contributed by atoms with van der Waals surface area (Å²) < 4.78 is 5.29. The lowest BCUT2D eigenvalue weighted by Crippen LogP contribution is -2.35. The van der Waals surface area contributed by atoms with Gasteiger partial charge in [-0.2, -0.15) is 10.5 Å². The Bertz CT molecular complexity index is 485. The number of nitriles is 2. The zero-order chi connectivity index (χ0) is 12.1. The number of anilines is 1. The Morgan fingerprint density at radius 3 is 2.65 bits per heavy atom. The van der Waals surface area contributed by atoms with Gasteiger partial charge in [-0.25, -0.2) is 0 Å².